The van der Waals surface area contributed by atoms with E-state index in [4.69, 9.17) is 4.74 Å². The summed E-state index contributed by atoms with van der Waals surface area (Å²) < 4.78 is 28.6. The Kier molecular flexibility index (Phi) is 6.27. The molecule has 0 radical (unpaired) electrons. The van der Waals surface area contributed by atoms with Crippen LogP contribution < -0.4 is 15.8 Å². The van der Waals surface area contributed by atoms with Crippen LogP contribution in [0.1, 0.15) is 31.1 Å². The molecule has 170 valence electrons. The molecule has 1 aromatic carbocycles. The van der Waals surface area contributed by atoms with Gasteiger partial charge in [-0.05, 0) is 32.9 Å². The third-order valence-corrected chi connectivity index (χ3v) is 6.00. The fourth-order valence-corrected chi connectivity index (χ4v) is 4.35. The highest BCUT2D eigenvalue weighted by molar-refractivity contribution is 7.94. The topological polar surface area (TPSA) is 126 Å². The molecule has 2 N–H and O–H groups in total. The zero-order valence-electron chi connectivity index (χ0n) is 18.2. The second kappa shape index (κ2) is 8.62. The van der Waals surface area contributed by atoms with Crippen LogP contribution >= 0.6 is 0 Å². The number of ether oxygens (including phenoxy) is 1. The van der Waals surface area contributed by atoms with Crippen LogP contribution in [0.25, 0.3) is 11.3 Å². The summed E-state index contributed by atoms with van der Waals surface area (Å²) in [7, 11) is -1.90. The van der Waals surface area contributed by atoms with Gasteiger partial charge in [-0.25, -0.2) is 13.2 Å². The second-order valence-electron chi connectivity index (χ2n) is 8.42. The molecule has 0 spiro atoms. The number of rotatable bonds is 4. The third kappa shape index (κ3) is 5.44. The first-order valence-electron chi connectivity index (χ1n) is 9.87. The van der Waals surface area contributed by atoms with Crippen molar-refractivity contribution >= 4 is 27.5 Å². The van der Waals surface area contributed by atoms with E-state index in [1.807, 2.05) is 6.07 Å². The number of benzene rings is 1. The average molecular weight is 460 g/mol. The van der Waals surface area contributed by atoms with Crippen LogP contribution in [0, 0.1) is 0 Å². The smallest absolute Gasteiger partial charge is 0.414 e. The van der Waals surface area contributed by atoms with Gasteiger partial charge in [0, 0.05) is 18.0 Å². The number of carbonyl (C=O) groups is 2. The summed E-state index contributed by atoms with van der Waals surface area (Å²) in [5, 5.41) is 3.56. The lowest BCUT2D eigenvalue weighted by molar-refractivity contribution is 0.0589. The lowest BCUT2D eigenvalue weighted by Gasteiger charge is -2.26. The minimum atomic E-state index is -3.38. The summed E-state index contributed by atoms with van der Waals surface area (Å²) in [5.41, 5.74) is -0.457. The molecule has 0 aliphatic carbocycles. The molecule has 10 heteroatoms. The highest BCUT2D eigenvalue weighted by atomic mass is 32.2. The highest BCUT2D eigenvalue weighted by Crippen LogP contribution is 2.29. The van der Waals surface area contributed by atoms with E-state index in [-0.39, 0.29) is 17.0 Å². The Balaban J connectivity index is 2.02. The number of H-pyrrole nitrogens is 1. The fourth-order valence-electron chi connectivity index (χ4n) is 3.12. The van der Waals surface area contributed by atoms with Crippen molar-refractivity contribution < 1.29 is 22.7 Å². The zero-order chi connectivity index (χ0) is 23.7. The van der Waals surface area contributed by atoms with Gasteiger partial charge >= 0.3 is 6.09 Å². The van der Waals surface area contributed by atoms with E-state index in [0.717, 1.165) is 5.41 Å². The van der Waals surface area contributed by atoms with Gasteiger partial charge in [-0.15, -0.1) is 0 Å². The predicted molar refractivity (Wildman–Crippen MR) is 121 cm³/mol. The first kappa shape index (κ1) is 23.3. The van der Waals surface area contributed by atoms with E-state index < -0.39 is 39.0 Å². The lowest BCUT2D eigenvalue weighted by Crippen LogP contribution is -2.39. The van der Waals surface area contributed by atoms with Crippen molar-refractivity contribution in [1.29, 1.82) is 0 Å². The third-order valence-electron chi connectivity index (χ3n) is 4.60. The number of sulfone groups is 1. The molecular formula is C22H25N3O6S. The Morgan fingerprint density at radius 2 is 1.84 bits per heavy atom. The van der Waals surface area contributed by atoms with Crippen molar-refractivity contribution in [2.45, 2.75) is 32.4 Å². The molecule has 9 nitrogen and oxygen atoms in total. The van der Waals surface area contributed by atoms with E-state index in [9.17, 15) is 22.8 Å². The molecule has 32 heavy (non-hydrogen) atoms. The van der Waals surface area contributed by atoms with Crippen LogP contribution in [-0.2, 0) is 14.6 Å². The molecule has 2 aromatic rings. The summed E-state index contributed by atoms with van der Waals surface area (Å²) in [6.07, 6.45) is 0.686. The fraction of sp³-hybridized carbons (Fsp3) is 0.318. The minimum absolute atomic E-state index is 0.254. The van der Waals surface area contributed by atoms with Crippen molar-refractivity contribution in [1.82, 2.24) is 10.3 Å². The Bertz CT molecular complexity index is 1230. The van der Waals surface area contributed by atoms with Crippen molar-refractivity contribution in [3.05, 3.63) is 63.8 Å². The number of aromatic nitrogens is 1. The van der Waals surface area contributed by atoms with Crippen LogP contribution in [0.5, 0.6) is 0 Å². The van der Waals surface area contributed by atoms with Crippen molar-refractivity contribution in [2.24, 2.45) is 0 Å². The van der Waals surface area contributed by atoms with E-state index in [1.54, 1.807) is 45.0 Å². The number of nitrogens with zero attached hydrogens (tertiary/aromatic N) is 1. The Labute approximate surface area is 186 Å². The van der Waals surface area contributed by atoms with Gasteiger partial charge in [-0.2, -0.15) is 0 Å². The van der Waals surface area contributed by atoms with Crippen LogP contribution in [0.2, 0.25) is 0 Å². The van der Waals surface area contributed by atoms with Gasteiger partial charge < -0.3 is 15.0 Å². The number of hydrogen-bond donors (Lipinski definition) is 2. The number of anilines is 1. The second-order valence-corrected chi connectivity index (χ2v) is 10.3. The molecular weight excluding hydrogens is 434 g/mol. The summed E-state index contributed by atoms with van der Waals surface area (Å²) in [5.74, 6) is -1.03. The van der Waals surface area contributed by atoms with Gasteiger partial charge in [-0.1, -0.05) is 30.3 Å². The largest absolute Gasteiger partial charge is 0.443 e. The molecule has 0 bridgehead atoms. The highest BCUT2D eigenvalue weighted by Gasteiger charge is 2.27. The number of pyridine rings is 1. The predicted octanol–water partition coefficient (Wildman–Crippen LogP) is 2.45. The van der Waals surface area contributed by atoms with Crippen molar-refractivity contribution in [3.8, 4) is 11.3 Å². The summed E-state index contributed by atoms with van der Waals surface area (Å²) in [4.78, 5) is 42.1. The number of nitrogens with one attached hydrogen (secondary N) is 2. The van der Waals surface area contributed by atoms with E-state index in [2.05, 4.69) is 10.3 Å². The van der Waals surface area contributed by atoms with E-state index in [1.165, 1.54) is 24.1 Å². The van der Waals surface area contributed by atoms with Gasteiger partial charge in [0.25, 0.3) is 11.5 Å². The number of aromatic amines is 1. The minimum Gasteiger partial charge on any atom is -0.443 e. The van der Waals surface area contributed by atoms with Gasteiger partial charge in [0.1, 0.15) is 11.2 Å². The van der Waals surface area contributed by atoms with Crippen LogP contribution in [0.4, 0.5) is 10.5 Å². The number of hydrogen-bond acceptors (Lipinski definition) is 6. The molecule has 0 saturated heterocycles. The maximum Gasteiger partial charge on any atom is 0.414 e. The van der Waals surface area contributed by atoms with Crippen LogP contribution in [0.3, 0.4) is 0 Å². The van der Waals surface area contributed by atoms with E-state index >= 15 is 0 Å². The average Bonchev–Trinajstić information content (AvgIpc) is 3.04. The molecule has 1 aromatic heterocycles. The monoisotopic (exact) mass is 459 g/mol. The van der Waals surface area contributed by atoms with Gasteiger partial charge in [0.05, 0.1) is 23.2 Å². The summed E-state index contributed by atoms with van der Waals surface area (Å²) >= 11 is 0. The molecule has 1 atom stereocenters. The Morgan fingerprint density at radius 3 is 2.41 bits per heavy atom. The molecule has 1 aliphatic heterocycles. The lowest BCUT2D eigenvalue weighted by atomic mass is 10.1. The number of amides is 2. The molecule has 3 rings (SSSR count). The SMILES string of the molecule is CN(C(=O)OC(C)(C)C)c1cc(C(=O)N[C@@H]2C=CS(=O)(=O)C2)c(=O)[nH]c1-c1ccccc1. The molecule has 2 amide bonds. The van der Waals surface area contributed by atoms with Gasteiger partial charge in [0.2, 0.25) is 0 Å². The summed E-state index contributed by atoms with van der Waals surface area (Å²) in [6, 6.07) is 9.43. The first-order chi connectivity index (χ1) is 14.9. The zero-order valence-corrected chi connectivity index (χ0v) is 19.0. The standard InChI is InChI=1S/C22H25N3O6S/c1-22(2,3)31-21(28)25(4)17-12-16(19(26)23-15-10-11-32(29,30)13-15)20(27)24-18(17)14-8-6-5-7-9-14/h5-12,15H,13H2,1-4H3,(H,23,26)(H,24,27)/t15-/m1/s1. The summed E-state index contributed by atoms with van der Waals surface area (Å²) in [6.45, 7) is 5.18. The Morgan fingerprint density at radius 1 is 1.19 bits per heavy atom. The van der Waals surface area contributed by atoms with Crippen molar-refractivity contribution in [3.63, 3.8) is 0 Å². The number of carbonyl (C=O) groups excluding carboxylic acids is 2. The van der Waals surface area contributed by atoms with Gasteiger partial charge in [-0.3, -0.25) is 14.5 Å². The maximum atomic E-state index is 12.8. The molecule has 2 heterocycles. The van der Waals surface area contributed by atoms with Crippen molar-refractivity contribution in [2.75, 3.05) is 17.7 Å². The van der Waals surface area contributed by atoms with E-state index in [0.29, 0.717) is 11.3 Å². The first-order valence-corrected chi connectivity index (χ1v) is 11.6. The Hall–Kier alpha value is -3.40. The van der Waals surface area contributed by atoms with Crippen LogP contribution in [0.15, 0.2) is 52.7 Å². The molecule has 0 unspecified atom stereocenters. The molecule has 1 aliphatic rings. The molecule has 0 saturated carbocycles. The quantitative estimate of drug-likeness (QED) is 0.723. The van der Waals surface area contributed by atoms with Crippen LogP contribution in [-0.4, -0.2) is 49.8 Å². The molecule has 0 fully saturated rings. The van der Waals surface area contributed by atoms with Gasteiger partial charge in [0.15, 0.2) is 9.84 Å². The maximum absolute atomic E-state index is 12.8. The normalized spacial score (nSPS) is 17.1.